The molecule has 1 atom stereocenters. The summed E-state index contributed by atoms with van der Waals surface area (Å²) in [6.07, 6.45) is 0.919. The topological polar surface area (TPSA) is 69.7 Å². The summed E-state index contributed by atoms with van der Waals surface area (Å²) in [5.41, 5.74) is 2.16. The second-order valence-corrected chi connectivity index (χ2v) is 7.55. The number of rotatable bonds is 9. The largest absolute Gasteiger partial charge is 0.496 e. The van der Waals surface area contributed by atoms with E-state index in [4.69, 9.17) is 14.2 Å². The molecule has 3 rings (SSSR count). The summed E-state index contributed by atoms with van der Waals surface area (Å²) >= 11 is 1.41. The average Bonchev–Trinajstić information content (AvgIpc) is 3.27. The Morgan fingerprint density at radius 2 is 1.87 bits per heavy atom. The number of aromatic nitrogens is 1. The van der Waals surface area contributed by atoms with Gasteiger partial charge in [0.15, 0.2) is 11.5 Å². The number of carbonyl (C=O) groups excluding carboxylic acids is 1. The molecular formula is C23H26N2O4S. The van der Waals surface area contributed by atoms with Crippen LogP contribution in [0.25, 0.3) is 10.6 Å². The van der Waals surface area contributed by atoms with Crippen LogP contribution < -0.4 is 19.5 Å². The summed E-state index contributed by atoms with van der Waals surface area (Å²) in [6, 6.07) is 13.1. The normalized spacial score (nSPS) is 11.6. The number of nitrogens with zero attached hydrogens (tertiary/aromatic N) is 1. The second kappa shape index (κ2) is 10.1. The van der Waals surface area contributed by atoms with Gasteiger partial charge in [-0.25, -0.2) is 4.98 Å². The third-order valence-corrected chi connectivity index (χ3v) is 5.45. The van der Waals surface area contributed by atoms with Gasteiger partial charge in [-0.05, 0) is 43.2 Å². The number of amides is 1. The van der Waals surface area contributed by atoms with E-state index >= 15 is 0 Å². The average molecular weight is 427 g/mol. The highest BCUT2D eigenvalue weighted by atomic mass is 32.1. The third-order valence-electron chi connectivity index (χ3n) is 4.57. The minimum absolute atomic E-state index is 0.219. The predicted octanol–water partition coefficient (Wildman–Crippen LogP) is 5.11. The fourth-order valence-electron chi connectivity index (χ4n) is 2.96. The number of carbonyl (C=O) groups is 1. The van der Waals surface area contributed by atoms with E-state index in [2.05, 4.69) is 17.2 Å². The van der Waals surface area contributed by atoms with Crippen molar-refractivity contribution in [3.63, 3.8) is 0 Å². The summed E-state index contributed by atoms with van der Waals surface area (Å²) in [7, 11) is 3.23. The Kier molecular flexibility index (Phi) is 7.30. The molecule has 6 nitrogen and oxygen atoms in total. The number of para-hydroxylation sites is 1. The second-order valence-electron chi connectivity index (χ2n) is 6.69. The van der Waals surface area contributed by atoms with E-state index in [9.17, 15) is 4.79 Å². The molecule has 2 aromatic carbocycles. The van der Waals surface area contributed by atoms with E-state index in [0.717, 1.165) is 28.3 Å². The molecule has 158 valence electrons. The van der Waals surface area contributed by atoms with Crippen molar-refractivity contribution in [3.8, 4) is 27.8 Å². The zero-order chi connectivity index (χ0) is 21.5. The maximum atomic E-state index is 12.7. The van der Waals surface area contributed by atoms with Crippen LogP contribution in [0.2, 0.25) is 0 Å². The molecule has 30 heavy (non-hydrogen) atoms. The SMILES string of the molecule is CCCOc1ccc(C(C)NC(=O)c2csc(-c3ccccc3OC)n2)cc1OC. The highest BCUT2D eigenvalue weighted by Crippen LogP contribution is 2.33. The van der Waals surface area contributed by atoms with E-state index in [1.807, 2.05) is 49.4 Å². The molecule has 0 saturated heterocycles. The predicted molar refractivity (Wildman–Crippen MR) is 119 cm³/mol. The fraction of sp³-hybridized carbons (Fsp3) is 0.304. The lowest BCUT2D eigenvalue weighted by molar-refractivity contribution is 0.0935. The van der Waals surface area contributed by atoms with E-state index < -0.39 is 0 Å². The molecule has 1 N–H and O–H groups in total. The van der Waals surface area contributed by atoms with Gasteiger partial charge in [-0.2, -0.15) is 0 Å². The zero-order valence-electron chi connectivity index (χ0n) is 17.6. The van der Waals surface area contributed by atoms with Gasteiger partial charge in [0.05, 0.1) is 32.4 Å². The number of benzene rings is 2. The lowest BCUT2D eigenvalue weighted by Gasteiger charge is -2.16. The summed E-state index contributed by atoms with van der Waals surface area (Å²) in [5, 5.41) is 5.49. The highest BCUT2D eigenvalue weighted by molar-refractivity contribution is 7.13. The number of thiazole rings is 1. The van der Waals surface area contributed by atoms with E-state index in [1.165, 1.54) is 11.3 Å². The van der Waals surface area contributed by atoms with E-state index in [0.29, 0.717) is 23.8 Å². The van der Waals surface area contributed by atoms with Crippen LogP contribution >= 0.6 is 11.3 Å². The van der Waals surface area contributed by atoms with Crippen molar-refractivity contribution in [3.05, 3.63) is 59.1 Å². The van der Waals surface area contributed by atoms with Gasteiger partial charge in [0.1, 0.15) is 16.5 Å². The van der Waals surface area contributed by atoms with Crippen LogP contribution in [0.4, 0.5) is 0 Å². The number of nitrogens with one attached hydrogen (secondary N) is 1. The number of hydrogen-bond donors (Lipinski definition) is 1. The Morgan fingerprint density at radius 3 is 2.60 bits per heavy atom. The summed E-state index contributed by atoms with van der Waals surface area (Å²) in [6.45, 7) is 4.60. The first kappa shape index (κ1) is 21.6. The Morgan fingerprint density at radius 1 is 1.10 bits per heavy atom. The highest BCUT2D eigenvalue weighted by Gasteiger charge is 2.18. The van der Waals surface area contributed by atoms with Gasteiger partial charge in [-0.3, -0.25) is 4.79 Å². The lowest BCUT2D eigenvalue weighted by atomic mass is 10.1. The monoisotopic (exact) mass is 426 g/mol. The molecule has 0 aliphatic rings. The van der Waals surface area contributed by atoms with Gasteiger partial charge >= 0.3 is 0 Å². The molecule has 0 aliphatic heterocycles. The molecule has 1 aromatic heterocycles. The van der Waals surface area contributed by atoms with E-state index in [-0.39, 0.29) is 11.9 Å². The molecule has 0 spiro atoms. The van der Waals surface area contributed by atoms with Crippen molar-refractivity contribution in [2.24, 2.45) is 0 Å². The Bertz CT molecular complexity index is 1000. The van der Waals surface area contributed by atoms with Crippen LogP contribution in [-0.4, -0.2) is 31.7 Å². The molecule has 0 fully saturated rings. The van der Waals surface area contributed by atoms with Crippen LogP contribution in [0.15, 0.2) is 47.8 Å². The maximum absolute atomic E-state index is 12.7. The minimum atomic E-state index is -0.231. The van der Waals surface area contributed by atoms with Crippen LogP contribution in [-0.2, 0) is 0 Å². The Hall–Kier alpha value is -3.06. The van der Waals surface area contributed by atoms with Crippen LogP contribution in [0.3, 0.4) is 0 Å². The summed E-state index contributed by atoms with van der Waals surface area (Å²) in [4.78, 5) is 17.2. The number of hydrogen-bond acceptors (Lipinski definition) is 6. The van der Waals surface area contributed by atoms with Gasteiger partial charge in [0, 0.05) is 5.38 Å². The molecule has 1 unspecified atom stereocenters. The van der Waals surface area contributed by atoms with Crippen LogP contribution in [0, 0.1) is 0 Å². The van der Waals surface area contributed by atoms with Crippen molar-refractivity contribution < 1.29 is 19.0 Å². The van der Waals surface area contributed by atoms with Gasteiger partial charge in [0.2, 0.25) is 0 Å². The molecule has 0 saturated carbocycles. The molecular weight excluding hydrogens is 400 g/mol. The molecule has 7 heteroatoms. The molecule has 1 heterocycles. The molecule has 0 aliphatic carbocycles. The van der Waals surface area contributed by atoms with Crippen molar-refractivity contribution in [1.29, 1.82) is 0 Å². The molecule has 3 aromatic rings. The van der Waals surface area contributed by atoms with Gasteiger partial charge < -0.3 is 19.5 Å². The van der Waals surface area contributed by atoms with Crippen molar-refractivity contribution in [2.75, 3.05) is 20.8 Å². The Labute approximate surface area is 180 Å². The smallest absolute Gasteiger partial charge is 0.271 e. The molecule has 1 amide bonds. The fourth-order valence-corrected chi connectivity index (χ4v) is 3.79. The molecule has 0 radical (unpaired) electrons. The Balaban J connectivity index is 1.72. The van der Waals surface area contributed by atoms with Gasteiger partial charge in [-0.1, -0.05) is 25.1 Å². The van der Waals surface area contributed by atoms with Crippen LogP contribution in [0.5, 0.6) is 17.2 Å². The van der Waals surface area contributed by atoms with E-state index in [1.54, 1.807) is 19.6 Å². The minimum Gasteiger partial charge on any atom is -0.496 e. The van der Waals surface area contributed by atoms with Crippen molar-refractivity contribution in [2.45, 2.75) is 26.3 Å². The quantitative estimate of drug-likeness (QED) is 0.515. The first-order valence-electron chi connectivity index (χ1n) is 9.77. The lowest BCUT2D eigenvalue weighted by Crippen LogP contribution is -2.26. The van der Waals surface area contributed by atoms with Crippen LogP contribution in [0.1, 0.15) is 42.4 Å². The van der Waals surface area contributed by atoms with Crippen molar-refractivity contribution >= 4 is 17.2 Å². The van der Waals surface area contributed by atoms with Crippen molar-refractivity contribution in [1.82, 2.24) is 10.3 Å². The van der Waals surface area contributed by atoms with Gasteiger partial charge in [-0.15, -0.1) is 11.3 Å². The third kappa shape index (κ3) is 4.91. The first-order valence-corrected chi connectivity index (χ1v) is 10.7. The number of ether oxygens (including phenoxy) is 3. The maximum Gasteiger partial charge on any atom is 0.271 e. The number of methoxy groups -OCH3 is 2. The zero-order valence-corrected chi connectivity index (χ0v) is 18.4. The summed E-state index contributed by atoms with van der Waals surface area (Å²) in [5.74, 6) is 1.84. The van der Waals surface area contributed by atoms with Gasteiger partial charge in [0.25, 0.3) is 5.91 Å². The summed E-state index contributed by atoms with van der Waals surface area (Å²) < 4.78 is 16.5. The molecule has 0 bridgehead atoms. The standard InChI is InChI=1S/C23H26N2O4S/c1-5-12-29-20-11-10-16(13-21(20)28-4)15(2)24-22(26)18-14-30-23(25-18)17-8-6-7-9-19(17)27-3/h6-11,13-15H,5,12H2,1-4H3,(H,24,26). The first-order chi connectivity index (χ1) is 14.6.